The molecule has 0 fully saturated rings. The third kappa shape index (κ3) is 2.26. The number of anilines is 1. The Labute approximate surface area is 109 Å². The van der Waals surface area contributed by atoms with Crippen molar-refractivity contribution in [2.75, 3.05) is 12.4 Å². The van der Waals surface area contributed by atoms with Crippen LogP contribution in [0.2, 0.25) is 0 Å². The first kappa shape index (κ1) is 12.7. The van der Waals surface area contributed by atoms with Gasteiger partial charge in [0.1, 0.15) is 0 Å². The summed E-state index contributed by atoms with van der Waals surface area (Å²) < 4.78 is 1.35. The molecule has 2 aromatic heterocycles. The fourth-order valence-corrected chi connectivity index (χ4v) is 2.20. The average Bonchev–Trinajstić information content (AvgIpc) is 2.80. The van der Waals surface area contributed by atoms with Crippen LogP contribution in [0.5, 0.6) is 0 Å². The summed E-state index contributed by atoms with van der Waals surface area (Å²) in [5.41, 5.74) is 1.27. The largest absolute Gasteiger partial charge is 0.363 e. The molecule has 6 nitrogen and oxygen atoms in total. The summed E-state index contributed by atoms with van der Waals surface area (Å²) in [6.07, 6.45) is 0. The van der Waals surface area contributed by atoms with Crippen molar-refractivity contribution >= 4 is 16.5 Å². The molecule has 0 aliphatic rings. The maximum atomic E-state index is 12.1. The summed E-state index contributed by atoms with van der Waals surface area (Å²) in [7, 11) is 3.42. The second-order valence-electron chi connectivity index (χ2n) is 4.23. The monoisotopic (exact) mass is 265 g/mol. The maximum absolute atomic E-state index is 12.1. The van der Waals surface area contributed by atoms with E-state index in [0.29, 0.717) is 15.7 Å². The van der Waals surface area contributed by atoms with E-state index in [2.05, 4.69) is 20.6 Å². The van der Waals surface area contributed by atoms with Crippen LogP contribution < -0.4 is 10.9 Å². The third-order valence-electron chi connectivity index (χ3n) is 2.54. The molecule has 0 saturated carbocycles. The van der Waals surface area contributed by atoms with Gasteiger partial charge >= 0.3 is 0 Å². The number of hydrogen-bond acceptors (Lipinski definition) is 6. The molecule has 96 valence electrons. The Morgan fingerprint density at radius 1 is 1.39 bits per heavy atom. The zero-order chi connectivity index (χ0) is 13.3. The summed E-state index contributed by atoms with van der Waals surface area (Å²) in [5.74, 6) is 0.257. The number of hydrogen-bond donors (Lipinski definition) is 1. The Kier molecular flexibility index (Phi) is 3.42. The number of aromatic nitrogens is 4. The molecule has 1 N–H and O–H groups in total. The van der Waals surface area contributed by atoms with Gasteiger partial charge in [0.05, 0.1) is 11.3 Å². The minimum atomic E-state index is -0.154. The fourth-order valence-electron chi connectivity index (χ4n) is 1.50. The molecule has 0 unspecified atom stereocenters. The summed E-state index contributed by atoms with van der Waals surface area (Å²) in [5, 5.41) is 16.4. The van der Waals surface area contributed by atoms with Gasteiger partial charge in [0.25, 0.3) is 5.56 Å². The summed E-state index contributed by atoms with van der Waals surface area (Å²) >= 11 is 1.35. The van der Waals surface area contributed by atoms with Gasteiger partial charge in [0.2, 0.25) is 5.13 Å². The van der Waals surface area contributed by atoms with Crippen LogP contribution in [0.3, 0.4) is 0 Å². The quantitative estimate of drug-likeness (QED) is 0.909. The van der Waals surface area contributed by atoms with Crippen molar-refractivity contribution in [1.82, 2.24) is 20.0 Å². The smallest absolute Gasteiger partial charge is 0.276 e. The first-order chi connectivity index (χ1) is 8.52. The van der Waals surface area contributed by atoms with E-state index < -0.39 is 0 Å². The normalized spacial score (nSPS) is 10.9. The van der Waals surface area contributed by atoms with E-state index in [1.54, 1.807) is 20.2 Å². The Morgan fingerprint density at radius 2 is 2.11 bits per heavy atom. The molecule has 0 aliphatic heterocycles. The molecule has 0 spiro atoms. The van der Waals surface area contributed by atoms with E-state index in [1.165, 1.54) is 16.0 Å². The SMILES string of the molecule is CNc1nnc(-c2cc(C(C)C)nn(C)c2=O)s1. The first-order valence-corrected chi connectivity index (χ1v) is 6.44. The molecule has 0 aromatic carbocycles. The highest BCUT2D eigenvalue weighted by atomic mass is 32.1. The topological polar surface area (TPSA) is 72.7 Å². The molecule has 2 rings (SSSR count). The number of nitrogens with one attached hydrogen (secondary N) is 1. The van der Waals surface area contributed by atoms with E-state index in [1.807, 2.05) is 13.8 Å². The Hall–Kier alpha value is -1.76. The van der Waals surface area contributed by atoms with Gasteiger partial charge < -0.3 is 5.32 Å². The second-order valence-corrected chi connectivity index (χ2v) is 5.21. The van der Waals surface area contributed by atoms with E-state index in [4.69, 9.17) is 0 Å². The van der Waals surface area contributed by atoms with Gasteiger partial charge in [-0.05, 0) is 12.0 Å². The van der Waals surface area contributed by atoms with Crippen molar-refractivity contribution in [3.8, 4) is 10.6 Å². The van der Waals surface area contributed by atoms with Gasteiger partial charge in [0.15, 0.2) is 5.01 Å². The Bertz CT molecular complexity index is 616. The van der Waals surface area contributed by atoms with Crippen LogP contribution in [0.15, 0.2) is 10.9 Å². The van der Waals surface area contributed by atoms with Gasteiger partial charge in [-0.15, -0.1) is 10.2 Å². The Balaban J connectivity index is 2.59. The zero-order valence-corrected chi connectivity index (χ0v) is 11.6. The molecule has 7 heteroatoms. The standard InChI is InChI=1S/C11H15N5OS/c1-6(2)8-5-7(10(17)16(4)15-8)9-13-14-11(12-3)18-9/h5-6H,1-4H3,(H,12,14). The summed E-state index contributed by atoms with van der Waals surface area (Å²) in [4.78, 5) is 12.1. The number of rotatable bonds is 3. The predicted molar refractivity (Wildman–Crippen MR) is 72.0 cm³/mol. The molecule has 0 atom stereocenters. The van der Waals surface area contributed by atoms with Crippen molar-refractivity contribution in [2.24, 2.45) is 7.05 Å². The molecule has 2 aromatic rings. The average molecular weight is 265 g/mol. The maximum Gasteiger partial charge on any atom is 0.276 e. The summed E-state index contributed by atoms with van der Waals surface area (Å²) in [6.45, 7) is 4.07. The molecule has 2 heterocycles. The van der Waals surface area contributed by atoms with E-state index in [9.17, 15) is 4.79 Å². The number of nitrogens with zero attached hydrogens (tertiary/aromatic N) is 4. The van der Waals surface area contributed by atoms with E-state index >= 15 is 0 Å². The van der Waals surface area contributed by atoms with Gasteiger partial charge in [0, 0.05) is 14.1 Å². The molecular formula is C11H15N5OS. The lowest BCUT2D eigenvalue weighted by Crippen LogP contribution is -2.23. The lowest BCUT2D eigenvalue weighted by atomic mass is 10.1. The van der Waals surface area contributed by atoms with E-state index in [-0.39, 0.29) is 11.5 Å². The van der Waals surface area contributed by atoms with Crippen LogP contribution in [-0.4, -0.2) is 27.0 Å². The Morgan fingerprint density at radius 3 is 2.67 bits per heavy atom. The molecule has 0 aliphatic carbocycles. The molecule has 0 saturated heterocycles. The molecule has 0 amide bonds. The van der Waals surface area contributed by atoms with Crippen molar-refractivity contribution < 1.29 is 0 Å². The molecule has 0 radical (unpaired) electrons. The zero-order valence-electron chi connectivity index (χ0n) is 10.8. The highest BCUT2D eigenvalue weighted by Crippen LogP contribution is 2.24. The lowest BCUT2D eigenvalue weighted by molar-refractivity contribution is 0.655. The minimum Gasteiger partial charge on any atom is -0.363 e. The van der Waals surface area contributed by atoms with Gasteiger partial charge in [-0.25, -0.2) is 4.68 Å². The van der Waals surface area contributed by atoms with Crippen LogP contribution in [0.4, 0.5) is 5.13 Å². The molecular weight excluding hydrogens is 250 g/mol. The van der Waals surface area contributed by atoms with E-state index in [0.717, 1.165) is 5.69 Å². The van der Waals surface area contributed by atoms with Gasteiger partial charge in [-0.3, -0.25) is 4.79 Å². The van der Waals surface area contributed by atoms with Gasteiger partial charge in [-0.2, -0.15) is 5.10 Å². The third-order valence-corrected chi connectivity index (χ3v) is 3.52. The van der Waals surface area contributed by atoms with Crippen molar-refractivity contribution in [1.29, 1.82) is 0 Å². The minimum absolute atomic E-state index is 0.154. The first-order valence-electron chi connectivity index (χ1n) is 5.62. The van der Waals surface area contributed by atoms with Crippen molar-refractivity contribution in [2.45, 2.75) is 19.8 Å². The lowest BCUT2D eigenvalue weighted by Gasteiger charge is -2.07. The fraction of sp³-hybridized carbons (Fsp3) is 0.455. The predicted octanol–water partition coefficient (Wildman–Crippen LogP) is 1.46. The van der Waals surface area contributed by atoms with Crippen LogP contribution in [0.1, 0.15) is 25.5 Å². The second kappa shape index (κ2) is 4.85. The van der Waals surface area contributed by atoms with Crippen molar-refractivity contribution in [3.05, 3.63) is 22.1 Å². The van der Waals surface area contributed by atoms with Crippen LogP contribution in [0, 0.1) is 0 Å². The molecule has 0 bridgehead atoms. The highest BCUT2D eigenvalue weighted by molar-refractivity contribution is 7.18. The van der Waals surface area contributed by atoms with Crippen molar-refractivity contribution in [3.63, 3.8) is 0 Å². The van der Waals surface area contributed by atoms with Crippen LogP contribution in [-0.2, 0) is 7.05 Å². The summed E-state index contributed by atoms with van der Waals surface area (Å²) in [6, 6.07) is 1.80. The number of aryl methyl sites for hydroxylation is 1. The van der Waals surface area contributed by atoms with Crippen LogP contribution in [0.25, 0.3) is 10.6 Å². The van der Waals surface area contributed by atoms with Gasteiger partial charge in [-0.1, -0.05) is 25.2 Å². The highest BCUT2D eigenvalue weighted by Gasteiger charge is 2.14. The van der Waals surface area contributed by atoms with Crippen LogP contribution >= 0.6 is 11.3 Å². The molecule has 18 heavy (non-hydrogen) atoms.